The Kier molecular flexibility index (Phi) is 3.91. The van der Waals surface area contributed by atoms with E-state index in [0.29, 0.717) is 5.75 Å². The minimum Gasteiger partial charge on any atom is -0.258 e. The fourth-order valence-corrected chi connectivity index (χ4v) is 2.45. The summed E-state index contributed by atoms with van der Waals surface area (Å²) < 4.78 is 11.7. The van der Waals surface area contributed by atoms with Crippen LogP contribution in [0.3, 0.4) is 0 Å². The maximum atomic E-state index is 11.7. The third-order valence-corrected chi connectivity index (χ3v) is 3.58. The third kappa shape index (κ3) is 2.31. The number of aryl methyl sites for hydroxylation is 1. The number of rotatable bonds is 3. The molecule has 0 amide bonds. The molecule has 0 saturated carbocycles. The highest BCUT2D eigenvalue weighted by molar-refractivity contribution is 7.85. The predicted molar refractivity (Wildman–Crippen MR) is 62.0 cm³/mol. The lowest BCUT2D eigenvalue weighted by molar-refractivity contribution is -0.386. The lowest BCUT2D eigenvalue weighted by Gasteiger charge is -2.07. The van der Waals surface area contributed by atoms with Crippen LogP contribution in [0.15, 0.2) is 5.03 Å². The average Bonchev–Trinajstić information content (AvgIpc) is 2.26. The molecule has 0 aliphatic rings. The van der Waals surface area contributed by atoms with Crippen LogP contribution in [0.4, 0.5) is 5.69 Å². The maximum absolute atomic E-state index is 11.7. The van der Waals surface area contributed by atoms with Crippen molar-refractivity contribution in [2.75, 3.05) is 5.75 Å². The van der Waals surface area contributed by atoms with Gasteiger partial charge in [0.1, 0.15) is 16.8 Å². The zero-order chi connectivity index (χ0) is 13.2. The second-order valence-corrected chi connectivity index (χ2v) is 5.01. The Hall–Kier alpha value is -1.81. The first-order valence-corrected chi connectivity index (χ1v) is 6.20. The van der Waals surface area contributed by atoms with E-state index in [0.717, 1.165) is 0 Å². The van der Waals surface area contributed by atoms with Gasteiger partial charge >= 0.3 is 0 Å². The predicted octanol–water partition coefficient (Wildman–Crippen LogP) is 1.61. The first-order chi connectivity index (χ1) is 7.93. The maximum Gasteiger partial charge on any atom is 0.294 e. The Balaban J connectivity index is 3.65. The summed E-state index contributed by atoms with van der Waals surface area (Å²) in [6, 6.07) is 1.84. The molecule has 0 fully saturated rings. The van der Waals surface area contributed by atoms with Gasteiger partial charge in [0.25, 0.3) is 5.69 Å². The quantitative estimate of drug-likeness (QED) is 0.602. The Morgan fingerprint density at radius 1 is 1.53 bits per heavy atom. The van der Waals surface area contributed by atoms with Gasteiger partial charge in [0.05, 0.1) is 21.3 Å². The first kappa shape index (κ1) is 13.3. The van der Waals surface area contributed by atoms with Crippen LogP contribution in [0.1, 0.15) is 23.7 Å². The molecule has 0 spiro atoms. The van der Waals surface area contributed by atoms with Crippen molar-refractivity contribution < 1.29 is 9.13 Å². The van der Waals surface area contributed by atoms with Gasteiger partial charge < -0.3 is 0 Å². The van der Waals surface area contributed by atoms with Gasteiger partial charge in [-0.15, -0.1) is 0 Å². The van der Waals surface area contributed by atoms with E-state index in [2.05, 4.69) is 4.98 Å². The van der Waals surface area contributed by atoms with Crippen LogP contribution in [-0.4, -0.2) is 19.9 Å². The van der Waals surface area contributed by atoms with Gasteiger partial charge in [-0.05, 0) is 13.8 Å². The van der Waals surface area contributed by atoms with Crippen LogP contribution in [0.5, 0.6) is 0 Å². The third-order valence-electron chi connectivity index (χ3n) is 2.33. The van der Waals surface area contributed by atoms with Crippen molar-refractivity contribution in [3.8, 4) is 6.07 Å². The zero-order valence-corrected chi connectivity index (χ0v) is 10.5. The van der Waals surface area contributed by atoms with Crippen molar-refractivity contribution in [3.63, 3.8) is 0 Å². The highest BCUT2D eigenvalue weighted by Crippen LogP contribution is 2.27. The van der Waals surface area contributed by atoms with Gasteiger partial charge in [0.15, 0.2) is 0 Å². The van der Waals surface area contributed by atoms with Crippen LogP contribution in [-0.2, 0) is 10.8 Å². The molecule has 90 valence electrons. The van der Waals surface area contributed by atoms with Crippen LogP contribution in [0, 0.1) is 35.3 Å². The van der Waals surface area contributed by atoms with E-state index < -0.39 is 15.7 Å². The van der Waals surface area contributed by atoms with Crippen molar-refractivity contribution in [2.24, 2.45) is 0 Å². The number of hydrogen-bond acceptors (Lipinski definition) is 5. The number of pyridine rings is 1. The smallest absolute Gasteiger partial charge is 0.258 e. The van der Waals surface area contributed by atoms with E-state index in [1.54, 1.807) is 6.92 Å². The van der Waals surface area contributed by atoms with E-state index >= 15 is 0 Å². The van der Waals surface area contributed by atoms with Crippen molar-refractivity contribution in [1.82, 2.24) is 4.98 Å². The standard InChI is InChI=1S/C10H11N3O3S/c1-4-17(16)10-8(5-11)6(2)9(13(14)15)7(3)12-10/h4H2,1-3H3. The second kappa shape index (κ2) is 5.01. The normalized spacial score (nSPS) is 11.9. The fourth-order valence-electron chi connectivity index (χ4n) is 1.51. The molecule has 1 aromatic heterocycles. The Bertz CT molecular complexity index is 549. The first-order valence-electron chi connectivity index (χ1n) is 4.88. The molecule has 1 atom stereocenters. The summed E-state index contributed by atoms with van der Waals surface area (Å²) in [7, 11) is -1.40. The van der Waals surface area contributed by atoms with Crippen LogP contribution < -0.4 is 0 Å². The fraction of sp³-hybridized carbons (Fsp3) is 0.400. The molecule has 0 N–H and O–H groups in total. The number of aromatic nitrogens is 1. The Morgan fingerprint density at radius 3 is 2.53 bits per heavy atom. The molecule has 1 aromatic rings. The Morgan fingerprint density at radius 2 is 2.12 bits per heavy atom. The van der Waals surface area contributed by atoms with Gasteiger partial charge in [-0.2, -0.15) is 5.26 Å². The van der Waals surface area contributed by atoms with E-state index in [9.17, 15) is 14.3 Å². The summed E-state index contributed by atoms with van der Waals surface area (Å²) in [5.74, 6) is 0.318. The van der Waals surface area contributed by atoms with E-state index in [1.807, 2.05) is 6.07 Å². The number of nitro groups is 1. The number of hydrogen-bond donors (Lipinski definition) is 0. The zero-order valence-electron chi connectivity index (χ0n) is 9.68. The van der Waals surface area contributed by atoms with Crippen LogP contribution >= 0.6 is 0 Å². The minimum atomic E-state index is -1.40. The van der Waals surface area contributed by atoms with Crippen molar-refractivity contribution in [3.05, 3.63) is 26.9 Å². The molecule has 0 bridgehead atoms. The largest absolute Gasteiger partial charge is 0.294 e. The molecule has 0 aliphatic carbocycles. The molecule has 0 radical (unpaired) electrons. The molecular weight excluding hydrogens is 242 g/mol. The molecule has 7 heteroatoms. The lowest BCUT2D eigenvalue weighted by atomic mass is 10.1. The molecule has 6 nitrogen and oxygen atoms in total. The monoisotopic (exact) mass is 253 g/mol. The minimum absolute atomic E-state index is 0.0440. The van der Waals surface area contributed by atoms with E-state index in [4.69, 9.17) is 5.26 Å². The van der Waals surface area contributed by atoms with Crippen LogP contribution in [0.25, 0.3) is 0 Å². The van der Waals surface area contributed by atoms with Crippen molar-refractivity contribution in [1.29, 1.82) is 5.26 Å². The van der Waals surface area contributed by atoms with Crippen molar-refractivity contribution >= 4 is 16.5 Å². The summed E-state index contributed by atoms with van der Waals surface area (Å²) in [5.41, 5.74) is 0.269. The summed E-state index contributed by atoms with van der Waals surface area (Å²) in [6.07, 6.45) is 0. The molecule has 17 heavy (non-hydrogen) atoms. The summed E-state index contributed by atoms with van der Waals surface area (Å²) in [6.45, 7) is 4.65. The summed E-state index contributed by atoms with van der Waals surface area (Å²) in [5, 5.41) is 20.0. The summed E-state index contributed by atoms with van der Waals surface area (Å²) in [4.78, 5) is 14.2. The Labute approximate surface area is 101 Å². The van der Waals surface area contributed by atoms with E-state index in [1.165, 1.54) is 13.8 Å². The second-order valence-electron chi connectivity index (χ2n) is 3.35. The number of nitriles is 1. The van der Waals surface area contributed by atoms with Gasteiger partial charge in [-0.3, -0.25) is 14.3 Å². The van der Waals surface area contributed by atoms with Gasteiger partial charge in [0, 0.05) is 11.3 Å². The molecular formula is C10H11N3O3S. The molecule has 0 aromatic carbocycles. The summed E-state index contributed by atoms with van der Waals surface area (Å²) >= 11 is 0. The van der Waals surface area contributed by atoms with Gasteiger partial charge in [0.2, 0.25) is 0 Å². The van der Waals surface area contributed by atoms with Gasteiger partial charge in [-0.1, -0.05) is 6.92 Å². The molecule has 0 saturated heterocycles. The van der Waals surface area contributed by atoms with Crippen LogP contribution in [0.2, 0.25) is 0 Å². The SMILES string of the molecule is CCS(=O)c1nc(C)c([N+](=O)[O-])c(C)c1C#N. The highest BCUT2D eigenvalue weighted by Gasteiger charge is 2.24. The topological polar surface area (TPSA) is 96.9 Å². The molecule has 1 unspecified atom stereocenters. The highest BCUT2D eigenvalue weighted by atomic mass is 32.2. The molecule has 1 heterocycles. The molecule has 1 rings (SSSR count). The lowest BCUT2D eigenvalue weighted by Crippen LogP contribution is -2.08. The van der Waals surface area contributed by atoms with Gasteiger partial charge in [-0.25, -0.2) is 4.98 Å². The van der Waals surface area contributed by atoms with E-state index in [-0.39, 0.29) is 27.5 Å². The molecule has 0 aliphatic heterocycles. The average molecular weight is 253 g/mol. The van der Waals surface area contributed by atoms with Crippen molar-refractivity contribution in [2.45, 2.75) is 25.8 Å². The number of nitrogens with zero attached hydrogens (tertiary/aromatic N) is 3.